The van der Waals surface area contributed by atoms with Crippen LogP contribution in [-0.4, -0.2) is 17.9 Å². The summed E-state index contributed by atoms with van der Waals surface area (Å²) >= 11 is 0. The van der Waals surface area contributed by atoms with Crippen LogP contribution in [0.25, 0.3) is 0 Å². The van der Waals surface area contributed by atoms with Gasteiger partial charge in [-0.2, -0.15) is 0 Å². The van der Waals surface area contributed by atoms with Crippen molar-refractivity contribution in [1.29, 1.82) is 0 Å². The highest BCUT2D eigenvalue weighted by Crippen LogP contribution is 2.13. The van der Waals surface area contributed by atoms with Gasteiger partial charge in [0.25, 0.3) is 0 Å². The molecule has 15 heavy (non-hydrogen) atoms. The zero-order chi connectivity index (χ0) is 11.8. The van der Waals surface area contributed by atoms with Crippen molar-refractivity contribution in [2.45, 2.75) is 52.5 Å². The molecule has 0 radical (unpaired) electrons. The molecule has 0 saturated carbocycles. The Kier molecular flexibility index (Phi) is 6.75. The molecule has 0 unspecified atom stereocenters. The van der Waals surface area contributed by atoms with Gasteiger partial charge in [-0.05, 0) is 19.8 Å². The lowest BCUT2D eigenvalue weighted by molar-refractivity contribution is -0.129. The highest BCUT2D eigenvalue weighted by atomic mass is 16.2. The lowest BCUT2D eigenvalue weighted by Crippen LogP contribution is -2.44. The summed E-state index contributed by atoms with van der Waals surface area (Å²) in [6, 6.07) is -0.575. The molecule has 0 spiro atoms. The zero-order valence-corrected chi connectivity index (χ0v) is 9.88. The average Bonchev–Trinajstić information content (AvgIpc) is 2.17. The third-order valence-corrected chi connectivity index (χ3v) is 2.43. The smallest absolute Gasteiger partial charge is 0.239 e. The molecular formula is C11H22N2O2. The second-order valence-corrected chi connectivity index (χ2v) is 3.91. The molecule has 0 aliphatic rings. The Labute approximate surface area is 91.6 Å². The van der Waals surface area contributed by atoms with Crippen molar-refractivity contribution in [3.8, 4) is 0 Å². The first-order chi connectivity index (χ1) is 7.02. The second kappa shape index (κ2) is 7.26. The fourth-order valence-electron chi connectivity index (χ4n) is 1.51. The van der Waals surface area contributed by atoms with Crippen molar-refractivity contribution in [3.63, 3.8) is 0 Å². The summed E-state index contributed by atoms with van der Waals surface area (Å²) in [5.41, 5.74) is 5.08. The molecule has 0 aromatic heterocycles. The molecule has 4 heteroatoms. The van der Waals surface area contributed by atoms with Gasteiger partial charge in [0.1, 0.15) is 6.04 Å². The first kappa shape index (κ1) is 13.9. The first-order valence-electron chi connectivity index (χ1n) is 5.62. The molecule has 4 nitrogen and oxygen atoms in total. The Hall–Kier alpha value is -1.06. The largest absolute Gasteiger partial charge is 0.368 e. The molecule has 3 N–H and O–H groups in total. The van der Waals surface area contributed by atoms with Crippen LogP contribution in [0.1, 0.15) is 46.5 Å². The van der Waals surface area contributed by atoms with E-state index in [-0.39, 0.29) is 11.8 Å². The summed E-state index contributed by atoms with van der Waals surface area (Å²) < 4.78 is 0. The van der Waals surface area contributed by atoms with Crippen LogP contribution in [0.5, 0.6) is 0 Å². The Bertz CT molecular complexity index is 211. The normalized spacial score (nSPS) is 12.5. The van der Waals surface area contributed by atoms with Crippen LogP contribution in [-0.2, 0) is 9.59 Å². The average molecular weight is 214 g/mol. The molecule has 0 aromatic carbocycles. The number of primary amides is 1. The molecule has 0 rings (SSSR count). The molecule has 1 atom stereocenters. The van der Waals surface area contributed by atoms with Gasteiger partial charge in [0.15, 0.2) is 0 Å². The number of nitrogens with two attached hydrogens (primary N) is 1. The van der Waals surface area contributed by atoms with Crippen LogP contribution in [0.15, 0.2) is 0 Å². The SMILES string of the molecule is CCCC(CCC)C(=O)N[C@@H](C)C(N)=O. The molecule has 0 bridgehead atoms. The quantitative estimate of drug-likeness (QED) is 0.668. The van der Waals surface area contributed by atoms with Gasteiger partial charge in [0.05, 0.1) is 0 Å². The van der Waals surface area contributed by atoms with Crippen LogP contribution in [0.2, 0.25) is 0 Å². The minimum atomic E-state index is -0.575. The highest BCUT2D eigenvalue weighted by Gasteiger charge is 2.19. The van der Waals surface area contributed by atoms with Gasteiger partial charge in [0, 0.05) is 5.92 Å². The van der Waals surface area contributed by atoms with Crippen molar-refractivity contribution in [2.24, 2.45) is 11.7 Å². The Morgan fingerprint density at radius 2 is 1.67 bits per heavy atom. The van der Waals surface area contributed by atoms with Gasteiger partial charge in [-0.3, -0.25) is 9.59 Å². The maximum Gasteiger partial charge on any atom is 0.239 e. The van der Waals surface area contributed by atoms with E-state index >= 15 is 0 Å². The fraction of sp³-hybridized carbons (Fsp3) is 0.818. The monoisotopic (exact) mass is 214 g/mol. The summed E-state index contributed by atoms with van der Waals surface area (Å²) in [6.45, 7) is 5.70. The van der Waals surface area contributed by atoms with Crippen molar-refractivity contribution < 1.29 is 9.59 Å². The van der Waals surface area contributed by atoms with Gasteiger partial charge in [0.2, 0.25) is 11.8 Å². The summed E-state index contributed by atoms with van der Waals surface area (Å²) in [5, 5.41) is 2.64. The molecule has 88 valence electrons. The molecule has 0 heterocycles. The first-order valence-corrected chi connectivity index (χ1v) is 5.62. The van der Waals surface area contributed by atoms with Crippen molar-refractivity contribution >= 4 is 11.8 Å². The van der Waals surface area contributed by atoms with Crippen LogP contribution < -0.4 is 11.1 Å². The van der Waals surface area contributed by atoms with E-state index in [1.165, 1.54) is 0 Å². The van der Waals surface area contributed by atoms with Crippen LogP contribution >= 0.6 is 0 Å². The third kappa shape index (κ3) is 5.40. The van der Waals surface area contributed by atoms with E-state index in [4.69, 9.17) is 5.73 Å². The van der Waals surface area contributed by atoms with E-state index in [0.717, 1.165) is 25.7 Å². The number of carbonyl (C=O) groups is 2. The number of amides is 2. The standard InChI is InChI=1S/C11H22N2O2/c1-4-6-9(7-5-2)11(15)13-8(3)10(12)14/h8-9H,4-7H2,1-3H3,(H2,12,14)(H,13,15)/t8-/m0/s1. The van der Waals surface area contributed by atoms with Gasteiger partial charge >= 0.3 is 0 Å². The molecule has 0 aromatic rings. The molecular weight excluding hydrogens is 192 g/mol. The zero-order valence-electron chi connectivity index (χ0n) is 9.88. The summed E-state index contributed by atoms with van der Waals surface area (Å²) in [6.07, 6.45) is 3.68. The van der Waals surface area contributed by atoms with E-state index in [9.17, 15) is 9.59 Å². The Morgan fingerprint density at radius 1 is 1.20 bits per heavy atom. The van der Waals surface area contributed by atoms with E-state index in [0.29, 0.717) is 0 Å². The van der Waals surface area contributed by atoms with Gasteiger partial charge in [-0.25, -0.2) is 0 Å². The molecule has 0 aliphatic carbocycles. The summed E-state index contributed by atoms with van der Waals surface area (Å²) in [4.78, 5) is 22.5. The summed E-state index contributed by atoms with van der Waals surface area (Å²) in [7, 11) is 0. The summed E-state index contributed by atoms with van der Waals surface area (Å²) in [5.74, 6) is -0.526. The Morgan fingerprint density at radius 3 is 2.00 bits per heavy atom. The molecule has 0 aliphatic heterocycles. The van der Waals surface area contributed by atoms with Crippen LogP contribution in [0, 0.1) is 5.92 Å². The number of rotatable bonds is 7. The lowest BCUT2D eigenvalue weighted by Gasteiger charge is -2.17. The van der Waals surface area contributed by atoms with Gasteiger partial charge in [-0.1, -0.05) is 26.7 Å². The maximum atomic E-state index is 11.7. The van der Waals surface area contributed by atoms with E-state index in [1.54, 1.807) is 6.92 Å². The van der Waals surface area contributed by atoms with Crippen molar-refractivity contribution in [3.05, 3.63) is 0 Å². The molecule has 2 amide bonds. The van der Waals surface area contributed by atoms with E-state index in [1.807, 2.05) is 13.8 Å². The second-order valence-electron chi connectivity index (χ2n) is 3.91. The van der Waals surface area contributed by atoms with Gasteiger partial charge in [-0.15, -0.1) is 0 Å². The topological polar surface area (TPSA) is 72.2 Å². The van der Waals surface area contributed by atoms with E-state index in [2.05, 4.69) is 5.32 Å². The van der Waals surface area contributed by atoms with Crippen molar-refractivity contribution in [1.82, 2.24) is 5.32 Å². The number of hydrogen-bond donors (Lipinski definition) is 2. The minimum Gasteiger partial charge on any atom is -0.368 e. The van der Waals surface area contributed by atoms with Crippen molar-refractivity contribution in [2.75, 3.05) is 0 Å². The van der Waals surface area contributed by atoms with E-state index < -0.39 is 11.9 Å². The Balaban J connectivity index is 4.18. The minimum absolute atomic E-state index is 0.0156. The predicted octanol–water partition coefficient (Wildman–Crippen LogP) is 1.19. The highest BCUT2D eigenvalue weighted by molar-refractivity contribution is 5.87. The fourth-order valence-corrected chi connectivity index (χ4v) is 1.51. The maximum absolute atomic E-state index is 11.7. The predicted molar refractivity (Wildman–Crippen MR) is 60.1 cm³/mol. The van der Waals surface area contributed by atoms with Crippen LogP contribution in [0.3, 0.4) is 0 Å². The molecule has 0 fully saturated rings. The van der Waals surface area contributed by atoms with Gasteiger partial charge < -0.3 is 11.1 Å². The van der Waals surface area contributed by atoms with Crippen LogP contribution in [0.4, 0.5) is 0 Å². The molecule has 0 saturated heterocycles. The number of hydrogen-bond acceptors (Lipinski definition) is 2. The lowest BCUT2D eigenvalue weighted by atomic mass is 9.97. The third-order valence-electron chi connectivity index (χ3n) is 2.43. The number of carbonyl (C=O) groups excluding carboxylic acids is 2. The number of nitrogens with one attached hydrogen (secondary N) is 1.